The Labute approximate surface area is 124 Å². The summed E-state index contributed by atoms with van der Waals surface area (Å²) in [5.74, 6) is 0.963. The Bertz CT molecular complexity index is 267. The lowest BCUT2D eigenvalue weighted by Gasteiger charge is -2.20. The highest BCUT2D eigenvalue weighted by molar-refractivity contribution is 5.79. The summed E-state index contributed by atoms with van der Waals surface area (Å²) in [5, 5.41) is 6.71. The number of hydrogen-bond donors (Lipinski definition) is 2. The maximum Gasteiger partial charge on any atom is 0.191 e. The van der Waals surface area contributed by atoms with Gasteiger partial charge in [-0.25, -0.2) is 0 Å². The van der Waals surface area contributed by atoms with E-state index in [9.17, 15) is 0 Å². The van der Waals surface area contributed by atoms with Crippen LogP contribution in [0.25, 0.3) is 0 Å². The Morgan fingerprint density at radius 1 is 1.10 bits per heavy atom. The number of likely N-dealkylation sites (N-methyl/N-ethyl adjacent to an activating group) is 1. The van der Waals surface area contributed by atoms with Crippen LogP contribution in [0.1, 0.15) is 33.1 Å². The first-order chi connectivity index (χ1) is 9.76. The molecule has 1 rings (SSSR count). The Balaban J connectivity index is 2.15. The molecule has 0 radical (unpaired) electrons. The second-order valence-electron chi connectivity index (χ2n) is 5.54. The van der Waals surface area contributed by atoms with Gasteiger partial charge in [-0.3, -0.25) is 4.99 Å². The van der Waals surface area contributed by atoms with Crippen molar-refractivity contribution in [2.75, 3.05) is 59.4 Å². The van der Waals surface area contributed by atoms with Gasteiger partial charge in [-0.2, -0.15) is 0 Å². The highest BCUT2D eigenvalue weighted by Gasteiger charge is 2.11. The third-order valence-corrected chi connectivity index (χ3v) is 3.59. The number of hydrogen-bond acceptors (Lipinski definition) is 3. The molecule has 0 aromatic rings. The zero-order valence-corrected chi connectivity index (χ0v) is 13.6. The largest absolute Gasteiger partial charge is 0.357 e. The van der Waals surface area contributed by atoms with Gasteiger partial charge in [0.1, 0.15) is 0 Å². The van der Waals surface area contributed by atoms with Crippen LogP contribution in [0.5, 0.6) is 0 Å². The quantitative estimate of drug-likeness (QED) is 0.415. The van der Waals surface area contributed by atoms with Crippen molar-refractivity contribution in [3.63, 3.8) is 0 Å². The molecule has 0 aromatic heterocycles. The van der Waals surface area contributed by atoms with Gasteiger partial charge in [0.15, 0.2) is 5.96 Å². The van der Waals surface area contributed by atoms with Gasteiger partial charge < -0.3 is 20.4 Å². The van der Waals surface area contributed by atoms with Crippen molar-refractivity contribution in [3.8, 4) is 0 Å². The van der Waals surface area contributed by atoms with E-state index in [4.69, 9.17) is 0 Å². The van der Waals surface area contributed by atoms with Crippen LogP contribution in [-0.4, -0.2) is 75.2 Å². The minimum Gasteiger partial charge on any atom is -0.357 e. The molecule has 0 spiro atoms. The number of guanidine groups is 1. The molecule has 1 heterocycles. The van der Waals surface area contributed by atoms with Crippen molar-refractivity contribution in [2.24, 2.45) is 4.99 Å². The number of aliphatic imine (C=N–C) groups is 1. The fourth-order valence-electron chi connectivity index (χ4n) is 2.40. The van der Waals surface area contributed by atoms with Gasteiger partial charge in [0, 0.05) is 32.7 Å². The van der Waals surface area contributed by atoms with E-state index >= 15 is 0 Å². The Morgan fingerprint density at radius 3 is 2.70 bits per heavy atom. The predicted octanol–water partition coefficient (Wildman–Crippen LogP) is 0.979. The average molecular weight is 283 g/mol. The average Bonchev–Trinajstić information content (AvgIpc) is 2.65. The van der Waals surface area contributed by atoms with Crippen molar-refractivity contribution in [1.82, 2.24) is 20.4 Å². The molecule has 20 heavy (non-hydrogen) atoms. The monoisotopic (exact) mass is 283 g/mol. The Morgan fingerprint density at radius 2 is 1.95 bits per heavy atom. The summed E-state index contributed by atoms with van der Waals surface area (Å²) in [7, 11) is 2.22. The highest BCUT2D eigenvalue weighted by Crippen LogP contribution is 2.01. The smallest absolute Gasteiger partial charge is 0.191 e. The van der Waals surface area contributed by atoms with E-state index in [0.29, 0.717) is 0 Å². The van der Waals surface area contributed by atoms with Gasteiger partial charge in [-0.15, -0.1) is 0 Å². The minimum atomic E-state index is 0.897. The molecule has 2 N–H and O–H groups in total. The van der Waals surface area contributed by atoms with Crippen LogP contribution in [0, 0.1) is 0 Å². The van der Waals surface area contributed by atoms with Crippen LogP contribution < -0.4 is 10.6 Å². The summed E-state index contributed by atoms with van der Waals surface area (Å²) in [4.78, 5) is 9.53. The number of nitrogens with one attached hydrogen (secondary N) is 2. The molecule has 1 saturated heterocycles. The van der Waals surface area contributed by atoms with Crippen molar-refractivity contribution in [1.29, 1.82) is 0 Å². The van der Waals surface area contributed by atoms with Crippen LogP contribution in [0.15, 0.2) is 4.99 Å². The van der Waals surface area contributed by atoms with E-state index < -0.39 is 0 Å². The van der Waals surface area contributed by atoms with E-state index in [0.717, 1.165) is 32.0 Å². The summed E-state index contributed by atoms with van der Waals surface area (Å²) >= 11 is 0. The summed E-state index contributed by atoms with van der Waals surface area (Å²) in [5.41, 5.74) is 0. The Hall–Kier alpha value is -0.810. The first-order valence-electron chi connectivity index (χ1n) is 8.19. The molecule has 5 heteroatoms. The van der Waals surface area contributed by atoms with Crippen molar-refractivity contribution in [2.45, 2.75) is 33.1 Å². The second-order valence-corrected chi connectivity index (χ2v) is 5.54. The van der Waals surface area contributed by atoms with Gasteiger partial charge in [0.05, 0.1) is 0 Å². The molecule has 1 aliphatic rings. The van der Waals surface area contributed by atoms with E-state index in [1.54, 1.807) is 0 Å². The van der Waals surface area contributed by atoms with Crippen molar-refractivity contribution in [3.05, 3.63) is 0 Å². The number of rotatable bonds is 7. The molecular weight excluding hydrogens is 250 g/mol. The third kappa shape index (κ3) is 7.70. The fourth-order valence-corrected chi connectivity index (χ4v) is 2.40. The van der Waals surface area contributed by atoms with Gasteiger partial charge in [0.25, 0.3) is 0 Å². The van der Waals surface area contributed by atoms with Crippen LogP contribution in [-0.2, 0) is 0 Å². The molecular formula is C15H33N5. The maximum atomic E-state index is 4.52. The van der Waals surface area contributed by atoms with Gasteiger partial charge in [-0.05, 0) is 52.9 Å². The lowest BCUT2D eigenvalue weighted by atomic mass is 10.3. The van der Waals surface area contributed by atoms with E-state index in [-0.39, 0.29) is 0 Å². The van der Waals surface area contributed by atoms with E-state index in [1.807, 2.05) is 0 Å². The molecule has 0 aromatic carbocycles. The van der Waals surface area contributed by atoms with E-state index in [1.165, 1.54) is 45.6 Å². The first kappa shape index (κ1) is 17.2. The standard InChI is InChI=1S/C15H33N5/c1-4-8-17-15(16-5-2)18-9-6-11-20-12-7-10-19(3)13-14-20/h4-14H2,1-3H3,(H2,16,17,18). The van der Waals surface area contributed by atoms with Crippen LogP contribution in [0.3, 0.4) is 0 Å². The van der Waals surface area contributed by atoms with Crippen LogP contribution in [0.2, 0.25) is 0 Å². The lowest BCUT2D eigenvalue weighted by molar-refractivity contribution is 0.274. The molecule has 0 aliphatic carbocycles. The van der Waals surface area contributed by atoms with Crippen molar-refractivity contribution >= 4 is 5.96 Å². The van der Waals surface area contributed by atoms with Crippen molar-refractivity contribution < 1.29 is 0 Å². The van der Waals surface area contributed by atoms with Crippen LogP contribution in [0.4, 0.5) is 0 Å². The lowest BCUT2D eigenvalue weighted by Crippen LogP contribution is -2.39. The highest BCUT2D eigenvalue weighted by atomic mass is 15.2. The Kier molecular flexibility index (Phi) is 9.41. The molecule has 1 aliphatic heterocycles. The summed E-state index contributed by atoms with van der Waals surface area (Å²) in [6.07, 6.45) is 3.57. The number of nitrogens with zero attached hydrogens (tertiary/aromatic N) is 3. The SMILES string of the molecule is CCCN=C(NCC)NCCCN1CCCN(C)CC1. The molecule has 0 atom stereocenters. The summed E-state index contributed by atoms with van der Waals surface area (Å²) in [6, 6.07) is 0. The molecule has 0 saturated carbocycles. The van der Waals surface area contributed by atoms with Crippen LogP contribution >= 0.6 is 0 Å². The summed E-state index contributed by atoms with van der Waals surface area (Å²) < 4.78 is 0. The molecule has 0 unspecified atom stereocenters. The molecule has 5 nitrogen and oxygen atoms in total. The van der Waals surface area contributed by atoms with Gasteiger partial charge in [-0.1, -0.05) is 6.92 Å². The zero-order chi connectivity index (χ0) is 14.6. The zero-order valence-electron chi connectivity index (χ0n) is 13.6. The van der Waals surface area contributed by atoms with E-state index in [2.05, 4.69) is 46.3 Å². The first-order valence-corrected chi connectivity index (χ1v) is 8.19. The minimum absolute atomic E-state index is 0.897. The molecule has 1 fully saturated rings. The molecule has 0 amide bonds. The summed E-state index contributed by atoms with van der Waals surface area (Å²) in [6.45, 7) is 13.2. The maximum absolute atomic E-state index is 4.52. The topological polar surface area (TPSA) is 42.9 Å². The van der Waals surface area contributed by atoms with Gasteiger partial charge in [0.2, 0.25) is 0 Å². The second kappa shape index (κ2) is 10.9. The third-order valence-electron chi connectivity index (χ3n) is 3.59. The normalized spacial score (nSPS) is 18.9. The molecule has 118 valence electrons. The van der Waals surface area contributed by atoms with Gasteiger partial charge >= 0.3 is 0 Å². The fraction of sp³-hybridized carbons (Fsp3) is 0.933. The molecule has 0 bridgehead atoms. The predicted molar refractivity (Wildman–Crippen MR) is 87.4 cm³/mol.